The van der Waals surface area contributed by atoms with Crippen LogP contribution in [0.2, 0.25) is 0 Å². The zero-order valence-electron chi connectivity index (χ0n) is 17.0. The Bertz CT molecular complexity index is 1010. The van der Waals surface area contributed by atoms with Crippen molar-refractivity contribution in [1.82, 2.24) is 9.29 Å². The van der Waals surface area contributed by atoms with Gasteiger partial charge in [0.25, 0.3) is 0 Å². The third kappa shape index (κ3) is 4.94. The number of pyridine rings is 1. The van der Waals surface area contributed by atoms with Crippen molar-refractivity contribution in [3.63, 3.8) is 0 Å². The molecule has 1 aliphatic rings. The molecule has 0 amide bonds. The fourth-order valence-corrected chi connectivity index (χ4v) is 4.70. The molecule has 0 unspecified atom stereocenters. The Kier molecular flexibility index (Phi) is 6.87. The number of hydrogen-bond donors (Lipinski definition) is 2. The van der Waals surface area contributed by atoms with Crippen LogP contribution in [0.15, 0.2) is 41.8 Å². The van der Waals surface area contributed by atoms with E-state index < -0.39 is 10.0 Å². The number of fused-ring (bicyclic) bond motifs is 1. The topological polar surface area (TPSA) is 101 Å². The summed E-state index contributed by atoms with van der Waals surface area (Å²) < 4.78 is 25.8. The maximum absolute atomic E-state index is 12.1. The zero-order valence-corrected chi connectivity index (χ0v) is 17.8. The molecule has 1 aromatic heterocycles. The summed E-state index contributed by atoms with van der Waals surface area (Å²) in [6.07, 6.45) is 8.52. The lowest BCUT2D eigenvalue weighted by Crippen LogP contribution is -2.42. The van der Waals surface area contributed by atoms with E-state index in [1.54, 1.807) is 29.8 Å². The van der Waals surface area contributed by atoms with Gasteiger partial charge in [0.15, 0.2) is 0 Å². The zero-order chi connectivity index (χ0) is 20.9. The summed E-state index contributed by atoms with van der Waals surface area (Å²) in [7, 11) is -3.12. The van der Waals surface area contributed by atoms with Gasteiger partial charge in [0.05, 0.1) is 5.75 Å². The van der Waals surface area contributed by atoms with Crippen molar-refractivity contribution in [1.29, 1.82) is 0 Å². The van der Waals surface area contributed by atoms with Gasteiger partial charge < -0.3 is 11.1 Å². The summed E-state index contributed by atoms with van der Waals surface area (Å²) in [6, 6.07) is 6.33. The molecule has 29 heavy (non-hydrogen) atoms. The van der Waals surface area contributed by atoms with Gasteiger partial charge in [0.2, 0.25) is 10.0 Å². The Hall–Kier alpha value is -2.45. The van der Waals surface area contributed by atoms with Gasteiger partial charge in [-0.1, -0.05) is 0 Å². The number of piperidine rings is 1. The Morgan fingerprint density at radius 2 is 2.10 bits per heavy atom. The lowest BCUT2D eigenvalue weighted by atomic mass is 10.00. The second-order valence-electron chi connectivity index (χ2n) is 7.09. The highest BCUT2D eigenvalue weighted by Gasteiger charge is 2.26. The molecule has 3 rings (SSSR count). The average molecular weight is 416 g/mol. The number of rotatable bonds is 7. The Balaban J connectivity index is 1.86. The standard InChI is InChI=1S/C21H29N5O2S/c1-3-23-14-18(13-22)17-11-16-5-8-24-15-20(16)21(12-17)25-19-6-9-26(10-7-19)29(27,28)4-2/h5,8,11-15,19,25H,3-4,6-7,9-10,22H2,1-2H3. The normalized spacial score (nSPS) is 17.2. The minimum absolute atomic E-state index is 0.150. The first kappa shape index (κ1) is 21.3. The highest BCUT2D eigenvalue weighted by Crippen LogP contribution is 2.30. The van der Waals surface area contributed by atoms with E-state index in [-0.39, 0.29) is 11.8 Å². The fraction of sp³-hybridized carbons (Fsp3) is 0.429. The summed E-state index contributed by atoms with van der Waals surface area (Å²) in [6.45, 7) is 5.45. The van der Waals surface area contributed by atoms with Gasteiger partial charge in [-0.3, -0.25) is 9.98 Å². The number of nitrogens with two attached hydrogens (primary N) is 1. The SMILES string of the molecule is CCN=CC(=CN)c1cc(NC2CCN(S(=O)(=O)CC)CC2)c2cnccc2c1. The molecule has 8 heteroatoms. The van der Waals surface area contributed by atoms with Gasteiger partial charge in [0.1, 0.15) is 0 Å². The predicted octanol–water partition coefficient (Wildman–Crippen LogP) is 2.85. The Labute approximate surface area is 172 Å². The van der Waals surface area contributed by atoms with E-state index in [1.165, 1.54) is 0 Å². The van der Waals surface area contributed by atoms with Crippen LogP contribution >= 0.6 is 0 Å². The first-order chi connectivity index (χ1) is 14.0. The van der Waals surface area contributed by atoms with Crippen LogP contribution < -0.4 is 11.1 Å². The van der Waals surface area contributed by atoms with Crippen molar-refractivity contribution < 1.29 is 8.42 Å². The van der Waals surface area contributed by atoms with Crippen LogP contribution in [0.4, 0.5) is 5.69 Å². The minimum Gasteiger partial charge on any atom is -0.404 e. The van der Waals surface area contributed by atoms with Crippen molar-refractivity contribution in [2.75, 3.05) is 30.7 Å². The molecule has 0 saturated carbocycles. The number of benzene rings is 1. The molecule has 2 aromatic rings. The fourth-order valence-electron chi connectivity index (χ4n) is 3.57. The molecule has 0 aliphatic carbocycles. The number of sulfonamides is 1. The van der Waals surface area contributed by atoms with Crippen LogP contribution in [0, 0.1) is 0 Å². The van der Waals surface area contributed by atoms with E-state index in [1.807, 2.05) is 19.2 Å². The van der Waals surface area contributed by atoms with Gasteiger partial charge in [-0.05, 0) is 55.8 Å². The van der Waals surface area contributed by atoms with E-state index in [9.17, 15) is 8.42 Å². The smallest absolute Gasteiger partial charge is 0.213 e. The number of allylic oxidation sites excluding steroid dienone is 1. The third-order valence-electron chi connectivity index (χ3n) is 5.25. The van der Waals surface area contributed by atoms with Gasteiger partial charge in [-0.25, -0.2) is 12.7 Å². The Morgan fingerprint density at radius 3 is 2.76 bits per heavy atom. The molecular weight excluding hydrogens is 386 g/mol. The maximum Gasteiger partial charge on any atom is 0.213 e. The number of nitrogens with zero attached hydrogens (tertiary/aromatic N) is 3. The van der Waals surface area contributed by atoms with E-state index >= 15 is 0 Å². The van der Waals surface area contributed by atoms with Crippen LogP contribution in [0.1, 0.15) is 32.3 Å². The number of nitrogens with one attached hydrogen (secondary N) is 1. The molecule has 7 nitrogen and oxygen atoms in total. The molecule has 0 atom stereocenters. The average Bonchev–Trinajstić information content (AvgIpc) is 2.75. The molecular formula is C21H29N5O2S. The van der Waals surface area contributed by atoms with Crippen LogP contribution in [-0.2, 0) is 10.0 Å². The molecule has 1 aliphatic heterocycles. The minimum atomic E-state index is -3.12. The molecule has 156 valence electrons. The quantitative estimate of drug-likeness (QED) is 0.677. The molecule has 1 aromatic carbocycles. The molecule has 0 spiro atoms. The summed E-state index contributed by atoms with van der Waals surface area (Å²) in [5, 5.41) is 5.71. The highest BCUT2D eigenvalue weighted by atomic mass is 32.2. The Morgan fingerprint density at radius 1 is 1.34 bits per heavy atom. The molecule has 3 N–H and O–H groups in total. The van der Waals surface area contributed by atoms with E-state index in [0.29, 0.717) is 19.6 Å². The number of anilines is 1. The van der Waals surface area contributed by atoms with Gasteiger partial charge >= 0.3 is 0 Å². The summed E-state index contributed by atoms with van der Waals surface area (Å²) in [5.74, 6) is 0.150. The maximum atomic E-state index is 12.1. The second kappa shape index (κ2) is 9.37. The first-order valence-corrected chi connectivity index (χ1v) is 11.6. The lowest BCUT2D eigenvalue weighted by molar-refractivity contribution is 0.330. The largest absolute Gasteiger partial charge is 0.404 e. The summed E-state index contributed by atoms with van der Waals surface area (Å²) in [5.41, 5.74) is 8.67. The van der Waals surface area contributed by atoms with Gasteiger partial charge in [0, 0.05) is 67.1 Å². The molecule has 1 saturated heterocycles. The summed E-state index contributed by atoms with van der Waals surface area (Å²) in [4.78, 5) is 8.59. The van der Waals surface area contributed by atoms with Crippen molar-refractivity contribution >= 4 is 38.3 Å². The van der Waals surface area contributed by atoms with Gasteiger partial charge in [-0.2, -0.15) is 0 Å². The number of aromatic nitrogens is 1. The molecule has 1 fully saturated rings. The molecule has 0 radical (unpaired) electrons. The van der Waals surface area contributed by atoms with E-state index in [0.717, 1.165) is 40.4 Å². The first-order valence-electron chi connectivity index (χ1n) is 10.0. The predicted molar refractivity (Wildman–Crippen MR) is 121 cm³/mol. The molecule has 2 heterocycles. The third-order valence-corrected chi connectivity index (χ3v) is 7.13. The van der Waals surface area contributed by atoms with Crippen molar-refractivity contribution in [3.05, 3.63) is 42.4 Å². The van der Waals surface area contributed by atoms with E-state index in [2.05, 4.69) is 27.4 Å². The second-order valence-corrected chi connectivity index (χ2v) is 9.35. The van der Waals surface area contributed by atoms with E-state index in [4.69, 9.17) is 5.73 Å². The van der Waals surface area contributed by atoms with Crippen molar-refractivity contribution in [2.45, 2.75) is 32.7 Å². The number of aliphatic imine (C=N–C) groups is 1. The molecule has 0 bridgehead atoms. The van der Waals surface area contributed by atoms with Crippen molar-refractivity contribution in [2.24, 2.45) is 10.7 Å². The van der Waals surface area contributed by atoms with Crippen LogP contribution in [0.5, 0.6) is 0 Å². The monoisotopic (exact) mass is 415 g/mol. The number of hydrogen-bond acceptors (Lipinski definition) is 6. The summed E-state index contributed by atoms with van der Waals surface area (Å²) >= 11 is 0. The van der Waals surface area contributed by atoms with Crippen LogP contribution in [0.3, 0.4) is 0 Å². The van der Waals surface area contributed by atoms with Crippen molar-refractivity contribution in [3.8, 4) is 0 Å². The van der Waals surface area contributed by atoms with Crippen LogP contribution in [0.25, 0.3) is 16.3 Å². The van der Waals surface area contributed by atoms with Gasteiger partial charge in [-0.15, -0.1) is 0 Å². The highest BCUT2D eigenvalue weighted by molar-refractivity contribution is 7.89. The van der Waals surface area contributed by atoms with Crippen LogP contribution in [-0.4, -0.2) is 55.4 Å². The lowest BCUT2D eigenvalue weighted by Gasteiger charge is -2.32.